The molecule has 10 nitrogen and oxygen atoms in total. The molecule has 4 aromatic rings. The predicted molar refractivity (Wildman–Crippen MR) is 150 cm³/mol. The molecule has 3 heterocycles. The van der Waals surface area contributed by atoms with E-state index in [0.717, 1.165) is 17.2 Å². The van der Waals surface area contributed by atoms with E-state index in [1.54, 1.807) is 23.3 Å². The number of rotatable bonds is 10. The summed E-state index contributed by atoms with van der Waals surface area (Å²) >= 11 is 0. The molecule has 0 aliphatic rings. The number of benzene rings is 1. The standard InChI is InChI=1S/C27H33N7O3Si/c1-38(2,3)14-13-37-19-34-18-22-24(32-34)23(15-30-25(22)28)31-26(35)27(36)33(16-20-7-5-4-6-8-20)17-21-9-11-29-12-10-21/h4-12,15,18H,13-14,16-17,19H2,1-3H3,(H2,28,30)(H,31,35). The van der Waals surface area contributed by atoms with Crippen LogP contribution in [-0.2, 0) is 34.1 Å². The molecule has 0 atom stereocenters. The van der Waals surface area contributed by atoms with Crippen molar-refractivity contribution in [1.82, 2.24) is 24.6 Å². The van der Waals surface area contributed by atoms with Gasteiger partial charge < -0.3 is 20.7 Å². The Morgan fingerprint density at radius 3 is 2.42 bits per heavy atom. The van der Waals surface area contributed by atoms with Crippen molar-refractivity contribution < 1.29 is 14.3 Å². The van der Waals surface area contributed by atoms with Crippen molar-refractivity contribution in [3.8, 4) is 0 Å². The number of nitrogens with two attached hydrogens (primary N) is 1. The maximum absolute atomic E-state index is 13.3. The van der Waals surface area contributed by atoms with Crippen molar-refractivity contribution in [3.05, 3.63) is 78.4 Å². The lowest BCUT2D eigenvalue weighted by Gasteiger charge is -2.22. The van der Waals surface area contributed by atoms with Crippen LogP contribution in [0.2, 0.25) is 25.7 Å². The fraction of sp³-hybridized carbons (Fsp3) is 0.296. The summed E-state index contributed by atoms with van der Waals surface area (Å²) in [5, 5.41) is 7.80. The number of hydrogen-bond donors (Lipinski definition) is 2. The minimum Gasteiger partial charge on any atom is -0.383 e. The first-order valence-electron chi connectivity index (χ1n) is 12.4. The van der Waals surface area contributed by atoms with Crippen molar-refractivity contribution in [3.63, 3.8) is 0 Å². The van der Waals surface area contributed by atoms with Gasteiger partial charge in [-0.2, -0.15) is 5.10 Å². The van der Waals surface area contributed by atoms with Gasteiger partial charge in [-0.15, -0.1) is 0 Å². The predicted octanol–water partition coefficient (Wildman–Crippen LogP) is 3.89. The third-order valence-corrected chi connectivity index (χ3v) is 7.62. The molecule has 0 fully saturated rings. The topological polar surface area (TPSA) is 128 Å². The Morgan fingerprint density at radius 2 is 1.74 bits per heavy atom. The summed E-state index contributed by atoms with van der Waals surface area (Å²) in [6, 6.07) is 14.2. The number of amides is 2. The van der Waals surface area contributed by atoms with Gasteiger partial charge in [0.25, 0.3) is 0 Å². The molecule has 11 heteroatoms. The Hall–Kier alpha value is -4.09. The normalized spacial score (nSPS) is 11.4. The van der Waals surface area contributed by atoms with E-state index < -0.39 is 19.9 Å². The number of pyridine rings is 2. The zero-order valence-corrected chi connectivity index (χ0v) is 22.9. The molecule has 0 aliphatic heterocycles. The molecule has 3 N–H and O–H groups in total. The summed E-state index contributed by atoms with van der Waals surface area (Å²) in [4.78, 5) is 36.2. The number of hydrogen-bond acceptors (Lipinski definition) is 7. The lowest BCUT2D eigenvalue weighted by atomic mass is 10.2. The largest absolute Gasteiger partial charge is 0.383 e. The SMILES string of the molecule is C[Si](C)(C)CCOCn1cc2c(N)ncc(NC(=O)C(=O)N(Cc3ccccc3)Cc3ccncc3)c2n1. The van der Waals surface area contributed by atoms with E-state index in [1.165, 1.54) is 11.1 Å². The fourth-order valence-electron chi connectivity index (χ4n) is 3.80. The van der Waals surface area contributed by atoms with Crippen LogP contribution in [-0.4, -0.2) is 51.1 Å². The number of carbonyl (C=O) groups is 2. The molecule has 3 aromatic heterocycles. The number of nitrogen functional groups attached to an aromatic ring is 1. The molecule has 2 amide bonds. The highest BCUT2D eigenvalue weighted by molar-refractivity contribution is 6.76. The van der Waals surface area contributed by atoms with Crippen molar-refractivity contribution in [2.24, 2.45) is 0 Å². The van der Waals surface area contributed by atoms with E-state index in [2.05, 4.69) is 40.0 Å². The Morgan fingerprint density at radius 1 is 1.05 bits per heavy atom. The number of fused-ring (bicyclic) bond motifs is 1. The molecule has 198 valence electrons. The van der Waals surface area contributed by atoms with E-state index >= 15 is 0 Å². The third kappa shape index (κ3) is 7.23. The smallest absolute Gasteiger partial charge is 0.314 e. The van der Waals surface area contributed by atoms with Crippen LogP contribution in [0.15, 0.2) is 67.3 Å². The maximum atomic E-state index is 13.3. The van der Waals surface area contributed by atoms with E-state index in [-0.39, 0.29) is 25.6 Å². The number of anilines is 2. The van der Waals surface area contributed by atoms with Gasteiger partial charge in [-0.3, -0.25) is 14.6 Å². The van der Waals surface area contributed by atoms with Gasteiger partial charge in [0.1, 0.15) is 18.1 Å². The second-order valence-corrected chi connectivity index (χ2v) is 15.9. The van der Waals surface area contributed by atoms with E-state index in [4.69, 9.17) is 10.5 Å². The van der Waals surface area contributed by atoms with Crippen molar-refractivity contribution >= 4 is 42.3 Å². The summed E-state index contributed by atoms with van der Waals surface area (Å²) in [5.74, 6) is -1.19. The average molecular weight is 532 g/mol. The summed E-state index contributed by atoms with van der Waals surface area (Å²) in [7, 11) is -1.20. The molecule has 0 radical (unpaired) electrons. The molecule has 38 heavy (non-hydrogen) atoms. The van der Waals surface area contributed by atoms with Crippen LogP contribution < -0.4 is 11.1 Å². The number of aromatic nitrogens is 4. The zero-order chi connectivity index (χ0) is 27.1. The highest BCUT2D eigenvalue weighted by Crippen LogP contribution is 2.25. The van der Waals surface area contributed by atoms with Gasteiger partial charge in [0.05, 0.1) is 17.3 Å². The van der Waals surface area contributed by atoms with E-state index in [1.807, 2.05) is 42.5 Å². The van der Waals surface area contributed by atoms with Gasteiger partial charge in [0.15, 0.2) is 0 Å². The molecule has 1 aromatic carbocycles. The highest BCUT2D eigenvalue weighted by Gasteiger charge is 2.24. The summed E-state index contributed by atoms with van der Waals surface area (Å²) in [5.41, 5.74) is 8.58. The van der Waals surface area contributed by atoms with Crippen LogP contribution in [0, 0.1) is 0 Å². The molecule has 0 bridgehead atoms. The van der Waals surface area contributed by atoms with Crippen LogP contribution >= 0.6 is 0 Å². The van der Waals surface area contributed by atoms with Gasteiger partial charge >= 0.3 is 11.8 Å². The Bertz CT molecular complexity index is 1350. The molecule has 0 unspecified atom stereocenters. The summed E-state index contributed by atoms with van der Waals surface area (Å²) in [6.45, 7) is 8.29. The van der Waals surface area contributed by atoms with Crippen LogP contribution in [0.25, 0.3) is 10.9 Å². The lowest BCUT2D eigenvalue weighted by Crippen LogP contribution is -2.39. The van der Waals surface area contributed by atoms with E-state index in [9.17, 15) is 9.59 Å². The molecule has 0 spiro atoms. The van der Waals surface area contributed by atoms with Crippen LogP contribution in [0.1, 0.15) is 11.1 Å². The number of ether oxygens (including phenoxy) is 1. The first kappa shape index (κ1) is 27.0. The Balaban J connectivity index is 1.50. The Kier molecular flexibility index (Phi) is 8.49. The van der Waals surface area contributed by atoms with Crippen molar-refractivity contribution in [2.75, 3.05) is 17.7 Å². The van der Waals surface area contributed by atoms with Crippen molar-refractivity contribution in [1.29, 1.82) is 0 Å². The monoisotopic (exact) mass is 531 g/mol. The molecule has 4 rings (SSSR count). The first-order valence-corrected chi connectivity index (χ1v) is 16.1. The number of carbonyl (C=O) groups excluding carboxylic acids is 2. The number of nitrogens with zero attached hydrogens (tertiary/aromatic N) is 5. The molecular weight excluding hydrogens is 498 g/mol. The summed E-state index contributed by atoms with van der Waals surface area (Å²) in [6.07, 6.45) is 6.45. The van der Waals surface area contributed by atoms with Crippen molar-refractivity contribution in [2.45, 2.75) is 45.5 Å². The molecule has 0 aliphatic carbocycles. The minimum absolute atomic E-state index is 0.252. The molecular formula is C27H33N7O3Si. The van der Waals surface area contributed by atoms with Crippen LogP contribution in [0.3, 0.4) is 0 Å². The second kappa shape index (κ2) is 12.0. The quantitative estimate of drug-likeness (QED) is 0.180. The second-order valence-electron chi connectivity index (χ2n) is 10.3. The van der Waals surface area contributed by atoms with Gasteiger partial charge in [0, 0.05) is 46.4 Å². The minimum atomic E-state index is -1.20. The average Bonchev–Trinajstić information content (AvgIpc) is 3.33. The lowest BCUT2D eigenvalue weighted by molar-refractivity contribution is -0.144. The first-order chi connectivity index (χ1) is 18.2. The van der Waals surface area contributed by atoms with Gasteiger partial charge in [-0.1, -0.05) is 50.0 Å². The highest BCUT2D eigenvalue weighted by atomic mass is 28.3. The summed E-state index contributed by atoms with van der Waals surface area (Å²) < 4.78 is 7.41. The third-order valence-electron chi connectivity index (χ3n) is 5.91. The van der Waals surface area contributed by atoms with Gasteiger partial charge in [-0.05, 0) is 29.3 Å². The Labute approximate surface area is 222 Å². The van der Waals surface area contributed by atoms with Gasteiger partial charge in [0.2, 0.25) is 0 Å². The fourth-order valence-corrected chi connectivity index (χ4v) is 4.55. The van der Waals surface area contributed by atoms with E-state index in [0.29, 0.717) is 23.2 Å². The molecule has 0 saturated carbocycles. The van der Waals surface area contributed by atoms with Crippen LogP contribution in [0.5, 0.6) is 0 Å². The molecule has 0 saturated heterocycles. The maximum Gasteiger partial charge on any atom is 0.314 e. The van der Waals surface area contributed by atoms with Crippen LogP contribution in [0.4, 0.5) is 11.5 Å². The zero-order valence-electron chi connectivity index (χ0n) is 21.9. The van der Waals surface area contributed by atoms with Gasteiger partial charge in [-0.25, -0.2) is 9.67 Å². The number of nitrogens with one attached hydrogen (secondary N) is 1.